The van der Waals surface area contributed by atoms with Crippen molar-refractivity contribution in [1.29, 1.82) is 0 Å². The van der Waals surface area contributed by atoms with Gasteiger partial charge in [0, 0.05) is 11.8 Å². The van der Waals surface area contributed by atoms with Crippen LogP contribution in [0.25, 0.3) is 0 Å². The third kappa shape index (κ3) is 3.50. The summed E-state index contributed by atoms with van der Waals surface area (Å²) in [4.78, 5) is 0. The van der Waals surface area contributed by atoms with Crippen LogP contribution < -0.4 is 10.5 Å². The highest BCUT2D eigenvalue weighted by Gasteiger charge is 2.28. The molecule has 5 nitrogen and oxygen atoms in total. The van der Waals surface area contributed by atoms with E-state index >= 15 is 0 Å². The number of aromatic nitrogens is 3. The van der Waals surface area contributed by atoms with E-state index in [4.69, 9.17) is 10.5 Å². The molecule has 21 heavy (non-hydrogen) atoms. The fourth-order valence-electron chi connectivity index (χ4n) is 2.33. The number of nitrogens with two attached hydrogens (primary N) is 1. The third-order valence-electron chi connectivity index (χ3n) is 3.58. The molecule has 6 heteroatoms. The Balaban J connectivity index is 1.50. The highest BCUT2D eigenvalue weighted by molar-refractivity contribution is 7.99. The quantitative estimate of drug-likeness (QED) is 0.629. The summed E-state index contributed by atoms with van der Waals surface area (Å²) in [6, 6.07) is 8.76. The van der Waals surface area contributed by atoms with Gasteiger partial charge in [-0.1, -0.05) is 23.9 Å². The van der Waals surface area contributed by atoms with Gasteiger partial charge in [0.15, 0.2) is 5.16 Å². The van der Waals surface area contributed by atoms with Crippen LogP contribution >= 0.6 is 11.8 Å². The summed E-state index contributed by atoms with van der Waals surface area (Å²) in [5, 5.41) is 9.13. The Kier molecular flexibility index (Phi) is 4.34. The number of nitrogen functional groups attached to an aromatic ring is 1. The fraction of sp³-hybridized carbons (Fsp3) is 0.467. The van der Waals surface area contributed by atoms with Crippen LogP contribution in [0, 0.1) is 0 Å². The van der Waals surface area contributed by atoms with E-state index < -0.39 is 0 Å². The van der Waals surface area contributed by atoms with Gasteiger partial charge in [-0.2, -0.15) is 0 Å². The number of methoxy groups -OCH3 is 1. The van der Waals surface area contributed by atoms with Crippen LogP contribution in [0.5, 0.6) is 5.75 Å². The zero-order valence-corrected chi connectivity index (χ0v) is 13.0. The third-order valence-corrected chi connectivity index (χ3v) is 4.61. The molecular weight excluding hydrogens is 284 g/mol. The van der Waals surface area contributed by atoms with Gasteiger partial charge in [-0.05, 0) is 43.4 Å². The second-order valence-electron chi connectivity index (χ2n) is 5.25. The van der Waals surface area contributed by atoms with Crippen molar-refractivity contribution in [3.8, 4) is 5.75 Å². The van der Waals surface area contributed by atoms with Crippen LogP contribution in [0.4, 0.5) is 5.95 Å². The topological polar surface area (TPSA) is 66.0 Å². The first-order valence-electron chi connectivity index (χ1n) is 7.24. The van der Waals surface area contributed by atoms with E-state index in [1.165, 1.54) is 18.4 Å². The van der Waals surface area contributed by atoms with Gasteiger partial charge in [-0.25, -0.2) is 0 Å². The lowest BCUT2D eigenvalue weighted by molar-refractivity contribution is 0.414. The number of hydrogen-bond donors (Lipinski definition) is 1. The molecule has 1 fully saturated rings. The summed E-state index contributed by atoms with van der Waals surface area (Å²) >= 11 is 1.74. The number of hydrogen-bond acceptors (Lipinski definition) is 5. The number of anilines is 1. The standard InChI is InChI=1S/C15H20N4OS/c1-20-13-6-2-4-11(10-13)5-3-9-21-15-18-17-14(16)19(15)12-7-8-12/h2,4,6,10,12H,3,5,7-9H2,1H3,(H2,16,17). The molecule has 1 aliphatic carbocycles. The molecule has 0 aliphatic heterocycles. The molecule has 0 atom stereocenters. The Morgan fingerprint density at radius 3 is 3.00 bits per heavy atom. The zero-order valence-electron chi connectivity index (χ0n) is 12.2. The Labute approximate surface area is 128 Å². The van der Waals surface area contributed by atoms with Gasteiger partial charge in [0.05, 0.1) is 7.11 Å². The number of aryl methyl sites for hydroxylation is 1. The van der Waals surface area contributed by atoms with Gasteiger partial charge in [0.25, 0.3) is 0 Å². The summed E-state index contributed by atoms with van der Waals surface area (Å²) < 4.78 is 7.32. The molecule has 0 amide bonds. The predicted molar refractivity (Wildman–Crippen MR) is 84.7 cm³/mol. The van der Waals surface area contributed by atoms with Crippen molar-refractivity contribution in [3.05, 3.63) is 29.8 Å². The lowest BCUT2D eigenvalue weighted by Gasteiger charge is -2.06. The number of rotatable bonds is 7. The highest BCUT2D eigenvalue weighted by Crippen LogP contribution is 2.39. The summed E-state index contributed by atoms with van der Waals surface area (Å²) in [5.41, 5.74) is 7.18. The molecule has 0 unspecified atom stereocenters. The van der Waals surface area contributed by atoms with Gasteiger partial charge in [-0.15, -0.1) is 10.2 Å². The summed E-state index contributed by atoms with van der Waals surface area (Å²) in [6.45, 7) is 0. The molecule has 1 aliphatic rings. The van der Waals surface area contributed by atoms with E-state index in [1.54, 1.807) is 18.9 Å². The smallest absolute Gasteiger partial charge is 0.222 e. The molecule has 2 N–H and O–H groups in total. The molecule has 0 saturated heterocycles. The molecule has 1 aromatic heterocycles. The summed E-state index contributed by atoms with van der Waals surface area (Å²) in [7, 11) is 1.70. The zero-order chi connectivity index (χ0) is 14.7. The minimum atomic E-state index is 0.529. The molecule has 0 spiro atoms. The van der Waals surface area contributed by atoms with E-state index in [1.807, 2.05) is 12.1 Å². The maximum Gasteiger partial charge on any atom is 0.222 e. The molecule has 3 rings (SSSR count). The van der Waals surface area contributed by atoms with Crippen LogP contribution in [0.15, 0.2) is 29.4 Å². The largest absolute Gasteiger partial charge is 0.497 e. The molecule has 1 aromatic carbocycles. The molecule has 2 aromatic rings. The Morgan fingerprint density at radius 2 is 2.24 bits per heavy atom. The Hall–Kier alpha value is -1.69. The van der Waals surface area contributed by atoms with Crippen molar-refractivity contribution in [3.63, 3.8) is 0 Å². The fourth-order valence-corrected chi connectivity index (χ4v) is 3.28. The maximum absolute atomic E-state index is 5.87. The van der Waals surface area contributed by atoms with Crippen molar-refractivity contribution in [2.75, 3.05) is 18.6 Å². The lowest BCUT2D eigenvalue weighted by Crippen LogP contribution is -2.02. The van der Waals surface area contributed by atoms with Gasteiger partial charge >= 0.3 is 0 Å². The SMILES string of the molecule is COc1cccc(CCCSc2nnc(N)n2C2CC2)c1. The number of benzene rings is 1. The first-order valence-corrected chi connectivity index (χ1v) is 8.22. The van der Waals surface area contributed by atoms with Crippen LogP contribution in [0.2, 0.25) is 0 Å². The van der Waals surface area contributed by atoms with Crippen LogP contribution in [-0.2, 0) is 6.42 Å². The van der Waals surface area contributed by atoms with E-state index in [9.17, 15) is 0 Å². The average molecular weight is 304 g/mol. The monoisotopic (exact) mass is 304 g/mol. The van der Waals surface area contributed by atoms with E-state index in [0.717, 1.165) is 29.5 Å². The van der Waals surface area contributed by atoms with Crippen molar-refractivity contribution in [1.82, 2.24) is 14.8 Å². The van der Waals surface area contributed by atoms with Crippen LogP contribution in [0.3, 0.4) is 0 Å². The van der Waals surface area contributed by atoms with Gasteiger partial charge < -0.3 is 10.5 Å². The van der Waals surface area contributed by atoms with Crippen molar-refractivity contribution in [2.24, 2.45) is 0 Å². The summed E-state index contributed by atoms with van der Waals surface area (Å²) in [6.07, 6.45) is 4.52. The van der Waals surface area contributed by atoms with E-state index in [-0.39, 0.29) is 0 Å². The highest BCUT2D eigenvalue weighted by atomic mass is 32.2. The minimum absolute atomic E-state index is 0.529. The first-order chi connectivity index (χ1) is 10.3. The molecule has 0 radical (unpaired) electrons. The van der Waals surface area contributed by atoms with E-state index in [0.29, 0.717) is 12.0 Å². The normalized spacial score (nSPS) is 14.3. The van der Waals surface area contributed by atoms with Crippen molar-refractivity contribution in [2.45, 2.75) is 36.9 Å². The second-order valence-corrected chi connectivity index (χ2v) is 6.31. The molecular formula is C15H20N4OS. The molecule has 0 bridgehead atoms. The van der Waals surface area contributed by atoms with Crippen molar-refractivity contribution >= 4 is 17.7 Å². The second kappa shape index (κ2) is 6.39. The van der Waals surface area contributed by atoms with Crippen LogP contribution in [0.1, 0.15) is 30.9 Å². The number of thioether (sulfide) groups is 1. The van der Waals surface area contributed by atoms with Crippen LogP contribution in [-0.4, -0.2) is 27.6 Å². The predicted octanol–water partition coefficient (Wildman–Crippen LogP) is 2.93. The van der Waals surface area contributed by atoms with Crippen molar-refractivity contribution < 1.29 is 4.74 Å². The molecule has 1 saturated carbocycles. The van der Waals surface area contributed by atoms with Gasteiger partial charge in [-0.3, -0.25) is 4.57 Å². The van der Waals surface area contributed by atoms with E-state index in [2.05, 4.69) is 26.9 Å². The Bertz CT molecular complexity index is 609. The maximum atomic E-state index is 5.87. The summed E-state index contributed by atoms with van der Waals surface area (Å²) in [5.74, 6) is 2.48. The number of ether oxygens (including phenoxy) is 1. The first kappa shape index (κ1) is 14.3. The van der Waals surface area contributed by atoms with Gasteiger partial charge in [0.2, 0.25) is 5.95 Å². The molecule has 1 heterocycles. The molecule has 112 valence electrons. The number of nitrogens with zero attached hydrogens (tertiary/aromatic N) is 3. The minimum Gasteiger partial charge on any atom is -0.497 e. The van der Waals surface area contributed by atoms with Gasteiger partial charge in [0.1, 0.15) is 5.75 Å². The average Bonchev–Trinajstić information content (AvgIpc) is 3.28. The lowest BCUT2D eigenvalue weighted by atomic mass is 10.1. The Morgan fingerprint density at radius 1 is 1.38 bits per heavy atom.